The Labute approximate surface area is 201 Å². The van der Waals surface area contributed by atoms with Crippen LogP contribution in [0.3, 0.4) is 0 Å². The van der Waals surface area contributed by atoms with E-state index in [9.17, 15) is 0 Å². The molecule has 0 spiro atoms. The number of rotatable bonds is 8. The van der Waals surface area contributed by atoms with Crippen molar-refractivity contribution in [1.29, 1.82) is 0 Å². The van der Waals surface area contributed by atoms with Crippen LogP contribution in [-0.4, -0.2) is 42.8 Å². The third kappa shape index (κ3) is 6.22. The van der Waals surface area contributed by atoms with E-state index in [2.05, 4.69) is 27.5 Å². The van der Waals surface area contributed by atoms with Gasteiger partial charge in [-0.15, -0.1) is 24.0 Å². The second-order valence-corrected chi connectivity index (χ2v) is 7.68. The highest BCUT2D eigenvalue weighted by Crippen LogP contribution is 2.34. The summed E-state index contributed by atoms with van der Waals surface area (Å²) in [6.07, 6.45) is 6.77. The number of pyridine rings is 1. The standard InChI is InChI=1S/C23H30N4O3.HI/c1-3-13-28-17-6-8-18(9-7-17)30-22-16(5-4-12-25-22)15-26-23(24-2)27-20-14-19-10-11-21(20)29-19;/h4-9,12,19-21H,3,10-11,13-15H2,1-2H3,(H2,24,26,27);1H. The van der Waals surface area contributed by atoms with Gasteiger partial charge >= 0.3 is 0 Å². The molecule has 3 atom stereocenters. The molecule has 2 N–H and O–H groups in total. The van der Waals surface area contributed by atoms with E-state index in [-0.39, 0.29) is 24.0 Å². The van der Waals surface area contributed by atoms with Gasteiger partial charge in [0.05, 0.1) is 24.9 Å². The Morgan fingerprint density at radius 2 is 2.00 bits per heavy atom. The molecule has 8 heteroatoms. The van der Waals surface area contributed by atoms with Gasteiger partial charge in [0.25, 0.3) is 0 Å². The van der Waals surface area contributed by atoms with Crippen molar-refractivity contribution >= 4 is 29.9 Å². The molecule has 2 saturated heterocycles. The molecule has 2 aliphatic rings. The zero-order chi connectivity index (χ0) is 20.8. The van der Waals surface area contributed by atoms with Gasteiger partial charge in [-0.25, -0.2) is 4.98 Å². The van der Waals surface area contributed by atoms with Crippen molar-refractivity contribution in [3.8, 4) is 17.4 Å². The summed E-state index contributed by atoms with van der Waals surface area (Å²) in [5.41, 5.74) is 0.955. The van der Waals surface area contributed by atoms with Gasteiger partial charge in [0.15, 0.2) is 5.96 Å². The van der Waals surface area contributed by atoms with Gasteiger partial charge in [0, 0.05) is 25.4 Å². The number of aromatic nitrogens is 1. The molecule has 3 unspecified atom stereocenters. The number of hydrogen-bond acceptors (Lipinski definition) is 5. The lowest BCUT2D eigenvalue weighted by Crippen LogP contribution is -2.47. The van der Waals surface area contributed by atoms with E-state index in [4.69, 9.17) is 14.2 Å². The zero-order valence-corrected chi connectivity index (χ0v) is 20.4. The van der Waals surface area contributed by atoms with Crippen LogP contribution in [-0.2, 0) is 11.3 Å². The summed E-state index contributed by atoms with van der Waals surface area (Å²) in [6.45, 7) is 3.35. The Hall–Kier alpha value is -2.07. The number of nitrogens with zero attached hydrogens (tertiary/aromatic N) is 2. The van der Waals surface area contributed by atoms with E-state index < -0.39 is 0 Å². The number of aliphatic imine (C=N–C) groups is 1. The van der Waals surface area contributed by atoms with Crippen molar-refractivity contribution in [1.82, 2.24) is 15.6 Å². The number of guanidine groups is 1. The average molecular weight is 538 g/mol. The third-order valence-corrected chi connectivity index (χ3v) is 5.46. The van der Waals surface area contributed by atoms with Gasteiger partial charge in [0.2, 0.25) is 5.88 Å². The van der Waals surface area contributed by atoms with Gasteiger partial charge < -0.3 is 24.8 Å². The van der Waals surface area contributed by atoms with Gasteiger partial charge in [-0.2, -0.15) is 0 Å². The third-order valence-electron chi connectivity index (χ3n) is 5.46. The Morgan fingerprint density at radius 3 is 2.68 bits per heavy atom. The molecule has 4 rings (SSSR count). The fourth-order valence-corrected chi connectivity index (χ4v) is 3.92. The van der Waals surface area contributed by atoms with Crippen LogP contribution in [0.4, 0.5) is 0 Å². The number of fused-ring (bicyclic) bond motifs is 2. The van der Waals surface area contributed by atoms with Crippen LogP contribution in [0.1, 0.15) is 38.2 Å². The Bertz CT molecular complexity index is 862. The molecule has 1 aromatic carbocycles. The van der Waals surface area contributed by atoms with Gasteiger partial charge in [-0.1, -0.05) is 13.0 Å². The van der Waals surface area contributed by atoms with Crippen molar-refractivity contribution in [2.75, 3.05) is 13.7 Å². The molecule has 0 radical (unpaired) electrons. The lowest BCUT2D eigenvalue weighted by molar-refractivity contribution is 0.0992. The van der Waals surface area contributed by atoms with E-state index in [1.807, 2.05) is 36.4 Å². The molecule has 2 bridgehead atoms. The Kier molecular flexibility index (Phi) is 8.77. The van der Waals surface area contributed by atoms with Crippen LogP contribution in [0.2, 0.25) is 0 Å². The summed E-state index contributed by atoms with van der Waals surface area (Å²) in [5, 5.41) is 6.87. The predicted octanol–water partition coefficient (Wildman–Crippen LogP) is 4.27. The van der Waals surface area contributed by atoms with E-state index in [0.717, 1.165) is 42.3 Å². The van der Waals surface area contributed by atoms with E-state index in [0.29, 0.717) is 37.3 Å². The van der Waals surface area contributed by atoms with Crippen LogP contribution < -0.4 is 20.1 Å². The summed E-state index contributed by atoms with van der Waals surface area (Å²) in [7, 11) is 1.78. The van der Waals surface area contributed by atoms with Crippen molar-refractivity contribution in [3.63, 3.8) is 0 Å². The topological polar surface area (TPSA) is 77.0 Å². The molecule has 168 valence electrons. The van der Waals surface area contributed by atoms with Crippen molar-refractivity contribution in [2.45, 2.75) is 57.4 Å². The number of benzene rings is 1. The molecule has 2 fully saturated rings. The van der Waals surface area contributed by atoms with E-state index in [1.165, 1.54) is 6.42 Å². The summed E-state index contributed by atoms with van der Waals surface area (Å²) >= 11 is 0. The van der Waals surface area contributed by atoms with Crippen LogP contribution >= 0.6 is 24.0 Å². The average Bonchev–Trinajstić information content (AvgIpc) is 3.40. The normalized spacial score (nSPS) is 22.0. The monoisotopic (exact) mass is 538 g/mol. The van der Waals surface area contributed by atoms with Gasteiger partial charge in [-0.3, -0.25) is 4.99 Å². The quantitative estimate of drug-likeness (QED) is 0.297. The predicted molar refractivity (Wildman–Crippen MR) is 132 cm³/mol. The van der Waals surface area contributed by atoms with E-state index >= 15 is 0 Å². The number of halogens is 1. The second kappa shape index (κ2) is 11.5. The van der Waals surface area contributed by atoms with Gasteiger partial charge in [0.1, 0.15) is 11.5 Å². The van der Waals surface area contributed by atoms with Crippen molar-refractivity contribution in [2.24, 2.45) is 4.99 Å². The van der Waals surface area contributed by atoms with E-state index in [1.54, 1.807) is 13.2 Å². The second-order valence-electron chi connectivity index (χ2n) is 7.68. The summed E-state index contributed by atoms with van der Waals surface area (Å²) in [4.78, 5) is 8.77. The summed E-state index contributed by atoms with van der Waals surface area (Å²) < 4.78 is 17.6. The van der Waals surface area contributed by atoms with Crippen LogP contribution in [0, 0.1) is 0 Å². The molecular weight excluding hydrogens is 507 g/mol. The highest BCUT2D eigenvalue weighted by molar-refractivity contribution is 14.0. The minimum absolute atomic E-state index is 0. The molecule has 31 heavy (non-hydrogen) atoms. The molecule has 0 saturated carbocycles. The molecule has 3 heterocycles. The highest BCUT2D eigenvalue weighted by atomic mass is 127. The highest BCUT2D eigenvalue weighted by Gasteiger charge is 2.41. The largest absolute Gasteiger partial charge is 0.494 e. The maximum absolute atomic E-state index is 6.02. The Morgan fingerprint density at radius 1 is 1.19 bits per heavy atom. The molecular formula is C23H31IN4O3. The lowest BCUT2D eigenvalue weighted by atomic mass is 9.96. The first-order valence-electron chi connectivity index (χ1n) is 10.7. The minimum Gasteiger partial charge on any atom is -0.494 e. The maximum Gasteiger partial charge on any atom is 0.224 e. The number of nitrogens with one attached hydrogen (secondary N) is 2. The summed E-state index contributed by atoms with van der Waals surface area (Å²) in [5.74, 6) is 2.90. The molecule has 0 amide bonds. The molecule has 1 aromatic heterocycles. The molecule has 2 aliphatic heterocycles. The molecule has 0 aliphatic carbocycles. The van der Waals surface area contributed by atoms with Crippen LogP contribution in [0.15, 0.2) is 47.6 Å². The number of hydrogen-bond donors (Lipinski definition) is 2. The minimum atomic E-state index is 0. The fraction of sp³-hybridized carbons (Fsp3) is 0.478. The molecule has 2 aromatic rings. The Balaban J connectivity index is 0.00000272. The zero-order valence-electron chi connectivity index (χ0n) is 18.0. The number of ether oxygens (including phenoxy) is 3. The first kappa shape index (κ1) is 23.6. The SMILES string of the molecule is CCCOc1ccc(Oc2ncccc2CNC(=NC)NC2CC3CCC2O3)cc1.I. The first-order chi connectivity index (χ1) is 14.7. The van der Waals surface area contributed by atoms with Gasteiger partial charge in [-0.05, 0) is 56.0 Å². The van der Waals surface area contributed by atoms with Crippen LogP contribution in [0.5, 0.6) is 17.4 Å². The maximum atomic E-state index is 6.02. The molecule has 7 nitrogen and oxygen atoms in total. The lowest BCUT2D eigenvalue weighted by Gasteiger charge is -2.22. The smallest absolute Gasteiger partial charge is 0.224 e. The fourth-order valence-electron chi connectivity index (χ4n) is 3.92. The van der Waals surface area contributed by atoms with Crippen LogP contribution in [0.25, 0.3) is 0 Å². The summed E-state index contributed by atoms with van der Waals surface area (Å²) in [6, 6.07) is 11.9. The first-order valence-corrected chi connectivity index (χ1v) is 10.7. The van der Waals surface area contributed by atoms with Crippen molar-refractivity contribution in [3.05, 3.63) is 48.2 Å². The van der Waals surface area contributed by atoms with Crippen molar-refractivity contribution < 1.29 is 14.2 Å².